The number of anilines is 2. The third-order valence-electron chi connectivity index (χ3n) is 3.26. The van der Waals surface area contributed by atoms with Gasteiger partial charge in [-0.15, -0.1) is 0 Å². The monoisotopic (exact) mass is 336 g/mol. The Kier molecular flexibility index (Phi) is 3.69. The molecule has 3 rings (SSSR count). The molecule has 6 nitrogen and oxygen atoms in total. The lowest BCUT2D eigenvalue weighted by molar-refractivity contribution is -0.118. The summed E-state index contributed by atoms with van der Waals surface area (Å²) in [7, 11) is -4.00. The highest BCUT2D eigenvalue weighted by Crippen LogP contribution is 2.31. The molecule has 23 heavy (non-hydrogen) atoms. The van der Waals surface area contributed by atoms with Gasteiger partial charge >= 0.3 is 0 Å². The maximum absolute atomic E-state index is 13.7. The Labute approximate surface area is 132 Å². The molecular weight excluding hydrogens is 323 g/mol. The van der Waals surface area contributed by atoms with Crippen molar-refractivity contribution >= 4 is 27.3 Å². The summed E-state index contributed by atoms with van der Waals surface area (Å²) >= 11 is 0. The molecule has 1 aliphatic rings. The molecule has 8 heteroatoms. The molecule has 0 bridgehead atoms. The fourth-order valence-electron chi connectivity index (χ4n) is 2.15. The van der Waals surface area contributed by atoms with Crippen LogP contribution in [-0.4, -0.2) is 20.9 Å². The molecule has 0 saturated carbocycles. The number of rotatable bonds is 3. The molecule has 1 heterocycles. The van der Waals surface area contributed by atoms with Gasteiger partial charge < -0.3 is 10.1 Å². The molecule has 0 unspecified atom stereocenters. The van der Waals surface area contributed by atoms with E-state index < -0.39 is 15.8 Å². The second kappa shape index (κ2) is 5.54. The van der Waals surface area contributed by atoms with E-state index in [0.717, 1.165) is 5.56 Å². The summed E-state index contributed by atoms with van der Waals surface area (Å²) in [6, 6.07) is 8.16. The smallest absolute Gasteiger partial charge is 0.262 e. The van der Waals surface area contributed by atoms with Crippen LogP contribution < -0.4 is 14.8 Å². The van der Waals surface area contributed by atoms with Crippen molar-refractivity contribution in [1.29, 1.82) is 0 Å². The largest absolute Gasteiger partial charge is 0.482 e. The first-order valence-corrected chi connectivity index (χ1v) is 8.19. The van der Waals surface area contributed by atoms with Crippen molar-refractivity contribution in [1.82, 2.24) is 0 Å². The number of carbonyl (C=O) groups excluding carboxylic acids is 1. The van der Waals surface area contributed by atoms with E-state index in [4.69, 9.17) is 4.74 Å². The maximum atomic E-state index is 13.7. The number of ether oxygens (including phenoxy) is 1. The first-order valence-electron chi connectivity index (χ1n) is 6.71. The molecule has 1 amide bonds. The minimum Gasteiger partial charge on any atom is -0.482 e. The molecule has 0 aromatic heterocycles. The normalized spacial score (nSPS) is 13.7. The number of hydrogen-bond donors (Lipinski definition) is 2. The lowest BCUT2D eigenvalue weighted by Gasteiger charge is -2.18. The summed E-state index contributed by atoms with van der Waals surface area (Å²) in [5.41, 5.74) is 0.840. The predicted molar refractivity (Wildman–Crippen MR) is 82.5 cm³/mol. The SMILES string of the molecule is Cc1ccc(F)c(NS(=O)(=O)c2ccc3c(c2)NC(=O)CO3)c1. The van der Waals surface area contributed by atoms with Crippen molar-refractivity contribution < 1.29 is 22.3 Å². The van der Waals surface area contributed by atoms with E-state index >= 15 is 0 Å². The third-order valence-corrected chi connectivity index (χ3v) is 4.62. The molecule has 1 aliphatic heterocycles. The number of hydrogen-bond acceptors (Lipinski definition) is 4. The van der Waals surface area contributed by atoms with Crippen LogP contribution in [0.5, 0.6) is 5.75 Å². The highest BCUT2D eigenvalue weighted by atomic mass is 32.2. The van der Waals surface area contributed by atoms with Gasteiger partial charge in [-0.05, 0) is 42.8 Å². The van der Waals surface area contributed by atoms with Crippen LogP contribution in [0.4, 0.5) is 15.8 Å². The predicted octanol–water partition coefficient (Wildman–Crippen LogP) is 2.27. The molecule has 0 spiro atoms. The zero-order valence-corrected chi connectivity index (χ0v) is 12.9. The van der Waals surface area contributed by atoms with Crippen LogP contribution in [0.3, 0.4) is 0 Å². The lowest BCUT2D eigenvalue weighted by Crippen LogP contribution is -2.25. The Morgan fingerprint density at radius 1 is 1.22 bits per heavy atom. The molecule has 0 fully saturated rings. The van der Waals surface area contributed by atoms with Gasteiger partial charge in [0, 0.05) is 0 Å². The van der Waals surface area contributed by atoms with E-state index in [-0.39, 0.29) is 28.8 Å². The fraction of sp³-hybridized carbons (Fsp3) is 0.133. The number of nitrogens with one attached hydrogen (secondary N) is 2. The van der Waals surface area contributed by atoms with Crippen LogP contribution in [0, 0.1) is 12.7 Å². The van der Waals surface area contributed by atoms with E-state index in [1.807, 2.05) is 0 Å². The molecule has 0 radical (unpaired) electrons. The number of carbonyl (C=O) groups is 1. The number of sulfonamides is 1. The Bertz CT molecular complexity index is 896. The number of fused-ring (bicyclic) bond motifs is 1. The lowest BCUT2D eigenvalue weighted by atomic mass is 10.2. The van der Waals surface area contributed by atoms with Crippen molar-refractivity contribution in [3.63, 3.8) is 0 Å². The summed E-state index contributed by atoms with van der Waals surface area (Å²) in [5.74, 6) is -0.663. The van der Waals surface area contributed by atoms with E-state index in [9.17, 15) is 17.6 Å². The number of amides is 1. The van der Waals surface area contributed by atoms with Crippen LogP contribution in [0.1, 0.15) is 5.56 Å². The fourth-order valence-corrected chi connectivity index (χ4v) is 3.23. The van der Waals surface area contributed by atoms with E-state index in [1.165, 1.54) is 30.3 Å². The Morgan fingerprint density at radius 2 is 2.00 bits per heavy atom. The van der Waals surface area contributed by atoms with Gasteiger partial charge in [-0.25, -0.2) is 12.8 Å². The van der Waals surface area contributed by atoms with Gasteiger partial charge in [-0.1, -0.05) is 6.07 Å². The van der Waals surface area contributed by atoms with Gasteiger partial charge in [0.05, 0.1) is 16.3 Å². The van der Waals surface area contributed by atoms with Crippen molar-refractivity contribution in [2.45, 2.75) is 11.8 Å². The zero-order chi connectivity index (χ0) is 16.6. The second-order valence-electron chi connectivity index (χ2n) is 5.08. The third kappa shape index (κ3) is 3.11. The summed E-state index contributed by atoms with van der Waals surface area (Å²) in [5, 5.41) is 2.53. The summed E-state index contributed by atoms with van der Waals surface area (Å²) < 4.78 is 45.9. The standard InChI is InChI=1S/C15H13FN2O4S/c1-9-2-4-11(16)12(6-9)18-23(20,21)10-3-5-14-13(7-10)17-15(19)8-22-14/h2-7,18H,8H2,1H3,(H,17,19). The van der Waals surface area contributed by atoms with E-state index in [2.05, 4.69) is 10.0 Å². The molecule has 2 aromatic carbocycles. The van der Waals surface area contributed by atoms with Gasteiger partial charge in [0.2, 0.25) is 0 Å². The minimum atomic E-state index is -4.00. The number of aryl methyl sites for hydroxylation is 1. The Morgan fingerprint density at radius 3 is 2.78 bits per heavy atom. The number of benzene rings is 2. The highest BCUT2D eigenvalue weighted by molar-refractivity contribution is 7.92. The highest BCUT2D eigenvalue weighted by Gasteiger charge is 2.21. The Balaban J connectivity index is 1.95. The van der Waals surface area contributed by atoms with Crippen molar-refractivity contribution in [2.24, 2.45) is 0 Å². The topological polar surface area (TPSA) is 84.5 Å². The molecule has 0 atom stereocenters. The van der Waals surface area contributed by atoms with Gasteiger partial charge in [0.25, 0.3) is 15.9 Å². The van der Waals surface area contributed by atoms with E-state index in [1.54, 1.807) is 13.0 Å². The summed E-state index contributed by atoms with van der Waals surface area (Å²) in [4.78, 5) is 11.2. The van der Waals surface area contributed by atoms with Gasteiger partial charge in [0.1, 0.15) is 11.6 Å². The van der Waals surface area contributed by atoms with Gasteiger partial charge in [-0.3, -0.25) is 9.52 Å². The van der Waals surface area contributed by atoms with E-state index in [0.29, 0.717) is 5.75 Å². The van der Waals surface area contributed by atoms with Gasteiger partial charge in [-0.2, -0.15) is 0 Å². The quantitative estimate of drug-likeness (QED) is 0.900. The van der Waals surface area contributed by atoms with Crippen molar-refractivity contribution in [2.75, 3.05) is 16.6 Å². The van der Waals surface area contributed by atoms with Gasteiger partial charge in [0.15, 0.2) is 6.61 Å². The zero-order valence-electron chi connectivity index (χ0n) is 12.1. The summed E-state index contributed by atoms with van der Waals surface area (Å²) in [6.07, 6.45) is 0. The van der Waals surface area contributed by atoms with Crippen LogP contribution in [-0.2, 0) is 14.8 Å². The molecular formula is C15H13FN2O4S. The Hall–Kier alpha value is -2.61. The molecule has 120 valence electrons. The number of halogens is 1. The molecule has 2 N–H and O–H groups in total. The maximum Gasteiger partial charge on any atom is 0.262 e. The minimum absolute atomic E-state index is 0.108. The molecule has 2 aromatic rings. The molecule has 0 aliphatic carbocycles. The first kappa shape index (κ1) is 15.3. The second-order valence-corrected chi connectivity index (χ2v) is 6.77. The van der Waals surface area contributed by atoms with Crippen LogP contribution in [0.25, 0.3) is 0 Å². The average Bonchev–Trinajstić information content (AvgIpc) is 2.50. The average molecular weight is 336 g/mol. The van der Waals surface area contributed by atoms with Crippen LogP contribution >= 0.6 is 0 Å². The van der Waals surface area contributed by atoms with Crippen LogP contribution in [0.15, 0.2) is 41.3 Å². The van der Waals surface area contributed by atoms with Crippen molar-refractivity contribution in [3.8, 4) is 5.75 Å². The summed E-state index contributed by atoms with van der Waals surface area (Å²) in [6.45, 7) is 1.61. The molecule has 0 saturated heterocycles. The van der Waals surface area contributed by atoms with Crippen molar-refractivity contribution in [3.05, 3.63) is 47.8 Å². The van der Waals surface area contributed by atoms with Crippen LogP contribution in [0.2, 0.25) is 0 Å². The first-order chi connectivity index (χ1) is 10.8.